The van der Waals surface area contributed by atoms with Gasteiger partial charge in [-0.2, -0.15) is 4.31 Å². The topological polar surface area (TPSA) is 95.6 Å². The zero-order valence-corrected chi connectivity index (χ0v) is 18.1. The number of halogens is 1. The van der Waals surface area contributed by atoms with Crippen LogP contribution in [-0.2, 0) is 26.0 Å². The zero-order chi connectivity index (χ0) is 22.4. The minimum Gasteiger partial charge on any atom is -0.347 e. The second kappa shape index (κ2) is 10.0. The van der Waals surface area contributed by atoms with Crippen molar-refractivity contribution in [1.82, 2.24) is 9.62 Å². The van der Waals surface area contributed by atoms with E-state index in [1.807, 2.05) is 25.1 Å². The number of sulfonamides is 1. The summed E-state index contributed by atoms with van der Waals surface area (Å²) in [5.41, 5.74) is 1.70. The number of hydrogen-bond donors (Lipinski definition) is 2. The highest BCUT2D eigenvalue weighted by atomic mass is 32.2. The highest BCUT2D eigenvalue weighted by Crippen LogP contribution is 2.24. The number of para-hydroxylation sites is 1. The van der Waals surface area contributed by atoms with Gasteiger partial charge in [-0.25, -0.2) is 12.8 Å². The lowest BCUT2D eigenvalue weighted by molar-refractivity contribution is -0.128. The first kappa shape index (κ1) is 22.9. The van der Waals surface area contributed by atoms with Crippen molar-refractivity contribution in [2.45, 2.75) is 31.1 Å². The lowest BCUT2D eigenvalue weighted by Gasteiger charge is -2.31. The second-order valence-corrected chi connectivity index (χ2v) is 9.37. The average Bonchev–Trinajstić information content (AvgIpc) is 2.78. The molecule has 31 heavy (non-hydrogen) atoms. The first-order valence-electron chi connectivity index (χ1n) is 10.2. The van der Waals surface area contributed by atoms with Crippen molar-refractivity contribution in [3.05, 3.63) is 59.9 Å². The molecule has 166 valence electrons. The molecule has 1 fully saturated rings. The van der Waals surface area contributed by atoms with Gasteiger partial charge < -0.3 is 10.6 Å². The average molecular weight is 448 g/mol. The van der Waals surface area contributed by atoms with Gasteiger partial charge in [-0.15, -0.1) is 0 Å². The zero-order valence-electron chi connectivity index (χ0n) is 17.3. The minimum absolute atomic E-state index is 0.0103. The van der Waals surface area contributed by atoms with Crippen LogP contribution < -0.4 is 10.6 Å². The fourth-order valence-electron chi connectivity index (χ4n) is 3.59. The van der Waals surface area contributed by atoms with Crippen LogP contribution in [0.15, 0.2) is 53.4 Å². The summed E-state index contributed by atoms with van der Waals surface area (Å²) in [5, 5.41) is 5.40. The predicted octanol–water partition coefficient (Wildman–Crippen LogP) is 2.54. The monoisotopic (exact) mass is 447 g/mol. The highest BCUT2D eigenvalue weighted by molar-refractivity contribution is 7.89. The minimum atomic E-state index is -3.82. The summed E-state index contributed by atoms with van der Waals surface area (Å²) in [6.07, 6.45) is 1.82. The number of piperidine rings is 1. The Hall–Kier alpha value is -2.78. The van der Waals surface area contributed by atoms with Crippen LogP contribution >= 0.6 is 0 Å². The van der Waals surface area contributed by atoms with Gasteiger partial charge in [0, 0.05) is 18.8 Å². The number of aryl methyl sites for hydroxylation is 1. The Labute approximate surface area is 181 Å². The lowest BCUT2D eigenvalue weighted by atomic mass is 9.99. The van der Waals surface area contributed by atoms with Crippen molar-refractivity contribution < 1.29 is 22.4 Å². The Kier molecular flexibility index (Phi) is 7.40. The molecule has 0 spiro atoms. The summed E-state index contributed by atoms with van der Waals surface area (Å²) < 4.78 is 40.0. The second-order valence-electron chi connectivity index (χ2n) is 7.43. The van der Waals surface area contributed by atoms with Gasteiger partial charge in [0.25, 0.3) is 0 Å². The number of benzene rings is 2. The number of amides is 2. The maximum atomic E-state index is 13.1. The van der Waals surface area contributed by atoms with Crippen LogP contribution in [0.5, 0.6) is 0 Å². The molecule has 1 atom stereocenters. The van der Waals surface area contributed by atoms with Crippen LogP contribution in [0.1, 0.15) is 25.3 Å². The van der Waals surface area contributed by atoms with E-state index in [2.05, 4.69) is 10.6 Å². The number of carbonyl (C=O) groups excluding carboxylic acids is 2. The molecule has 0 radical (unpaired) electrons. The molecule has 2 amide bonds. The van der Waals surface area contributed by atoms with E-state index >= 15 is 0 Å². The van der Waals surface area contributed by atoms with Crippen molar-refractivity contribution in [3.63, 3.8) is 0 Å². The van der Waals surface area contributed by atoms with E-state index in [0.717, 1.165) is 24.1 Å². The third kappa shape index (κ3) is 5.68. The molecule has 1 unspecified atom stereocenters. The summed E-state index contributed by atoms with van der Waals surface area (Å²) in [7, 11) is -3.82. The molecular formula is C22H26FN3O4S. The molecule has 2 N–H and O–H groups in total. The third-order valence-electron chi connectivity index (χ3n) is 5.30. The van der Waals surface area contributed by atoms with E-state index in [4.69, 9.17) is 0 Å². The lowest BCUT2D eigenvalue weighted by Crippen LogP contribution is -2.46. The molecule has 1 saturated heterocycles. The van der Waals surface area contributed by atoms with Gasteiger partial charge in [0.1, 0.15) is 5.82 Å². The van der Waals surface area contributed by atoms with Crippen LogP contribution in [-0.4, -0.2) is 44.2 Å². The molecule has 9 heteroatoms. The molecule has 1 aliphatic heterocycles. The van der Waals surface area contributed by atoms with Crippen molar-refractivity contribution in [2.24, 2.45) is 5.92 Å². The smallest absolute Gasteiger partial charge is 0.243 e. The van der Waals surface area contributed by atoms with Gasteiger partial charge in [-0.05, 0) is 55.2 Å². The summed E-state index contributed by atoms with van der Waals surface area (Å²) >= 11 is 0. The summed E-state index contributed by atoms with van der Waals surface area (Å²) in [6.45, 7) is 2.10. The molecule has 0 aromatic heterocycles. The Morgan fingerprint density at radius 1 is 1.13 bits per heavy atom. The SMILES string of the molecule is CCc1ccccc1NC(=O)CNC(=O)C1CCCN(S(=O)(=O)c2ccc(F)cc2)C1. The van der Waals surface area contributed by atoms with Crippen molar-refractivity contribution >= 4 is 27.5 Å². The van der Waals surface area contributed by atoms with Gasteiger partial charge in [-0.3, -0.25) is 9.59 Å². The van der Waals surface area contributed by atoms with E-state index in [1.54, 1.807) is 6.07 Å². The normalized spacial score (nSPS) is 17.2. The number of anilines is 1. The molecule has 7 nitrogen and oxygen atoms in total. The molecule has 0 saturated carbocycles. The van der Waals surface area contributed by atoms with Crippen molar-refractivity contribution in [1.29, 1.82) is 0 Å². The Morgan fingerprint density at radius 2 is 1.84 bits per heavy atom. The van der Waals surface area contributed by atoms with Crippen LogP contribution in [0.2, 0.25) is 0 Å². The molecule has 1 heterocycles. The number of carbonyl (C=O) groups is 2. The Balaban J connectivity index is 1.57. The van der Waals surface area contributed by atoms with Crippen LogP contribution in [0.3, 0.4) is 0 Å². The highest BCUT2D eigenvalue weighted by Gasteiger charge is 2.33. The number of nitrogens with zero attached hydrogens (tertiary/aromatic N) is 1. The summed E-state index contributed by atoms with van der Waals surface area (Å²) in [5.74, 6) is -1.78. The standard InChI is InChI=1S/C22H26FN3O4S/c1-2-16-6-3-4-8-20(16)25-21(27)14-24-22(28)17-7-5-13-26(15-17)31(29,30)19-11-9-18(23)10-12-19/h3-4,6,8-12,17H,2,5,7,13-15H2,1H3,(H,24,28)(H,25,27). The Bertz CT molecular complexity index is 1040. The molecule has 0 aliphatic carbocycles. The number of rotatable bonds is 7. The number of hydrogen-bond acceptors (Lipinski definition) is 4. The molecule has 0 bridgehead atoms. The fraction of sp³-hybridized carbons (Fsp3) is 0.364. The first-order chi connectivity index (χ1) is 14.8. The summed E-state index contributed by atoms with van der Waals surface area (Å²) in [4.78, 5) is 24.8. The third-order valence-corrected chi connectivity index (χ3v) is 7.18. The molecule has 2 aromatic carbocycles. The molecule has 1 aliphatic rings. The Morgan fingerprint density at radius 3 is 2.55 bits per heavy atom. The first-order valence-corrected chi connectivity index (χ1v) is 11.7. The van der Waals surface area contributed by atoms with Gasteiger partial charge in [0.15, 0.2) is 0 Å². The van der Waals surface area contributed by atoms with E-state index in [0.29, 0.717) is 18.5 Å². The quantitative estimate of drug-likeness (QED) is 0.682. The molecule has 2 aromatic rings. The van der Waals surface area contributed by atoms with E-state index in [-0.39, 0.29) is 36.3 Å². The maximum absolute atomic E-state index is 13.1. The van der Waals surface area contributed by atoms with Gasteiger partial charge >= 0.3 is 0 Å². The van der Waals surface area contributed by atoms with Gasteiger partial charge in [0.05, 0.1) is 17.4 Å². The van der Waals surface area contributed by atoms with Crippen LogP contribution in [0.25, 0.3) is 0 Å². The molecule has 3 rings (SSSR count). The van der Waals surface area contributed by atoms with Gasteiger partial charge in [0.2, 0.25) is 21.8 Å². The predicted molar refractivity (Wildman–Crippen MR) is 115 cm³/mol. The van der Waals surface area contributed by atoms with Crippen LogP contribution in [0.4, 0.5) is 10.1 Å². The maximum Gasteiger partial charge on any atom is 0.243 e. The van der Waals surface area contributed by atoms with Crippen molar-refractivity contribution in [3.8, 4) is 0 Å². The molecular weight excluding hydrogens is 421 g/mol. The fourth-order valence-corrected chi connectivity index (χ4v) is 5.11. The van der Waals surface area contributed by atoms with E-state index in [1.165, 1.54) is 16.4 Å². The van der Waals surface area contributed by atoms with Crippen LogP contribution in [0, 0.1) is 11.7 Å². The number of nitrogens with one attached hydrogen (secondary N) is 2. The van der Waals surface area contributed by atoms with Gasteiger partial charge in [-0.1, -0.05) is 25.1 Å². The largest absolute Gasteiger partial charge is 0.347 e. The van der Waals surface area contributed by atoms with E-state index < -0.39 is 21.8 Å². The summed E-state index contributed by atoms with van der Waals surface area (Å²) in [6, 6.07) is 12.1. The van der Waals surface area contributed by atoms with E-state index in [9.17, 15) is 22.4 Å². The van der Waals surface area contributed by atoms with Crippen molar-refractivity contribution in [2.75, 3.05) is 25.0 Å².